The van der Waals surface area contributed by atoms with Crippen LogP contribution >= 0.6 is 15.9 Å². The summed E-state index contributed by atoms with van der Waals surface area (Å²) in [4.78, 5) is 8.87. The van der Waals surface area contributed by atoms with Crippen molar-refractivity contribution in [3.05, 3.63) is 40.0 Å². The van der Waals surface area contributed by atoms with Gasteiger partial charge in [-0.15, -0.1) is 0 Å². The molecule has 5 heteroatoms. The minimum atomic E-state index is 0.669. The van der Waals surface area contributed by atoms with Crippen LogP contribution in [0.2, 0.25) is 0 Å². The molecule has 2 rings (SSSR count). The Balaban J connectivity index is 2.24. The monoisotopic (exact) mass is 334 g/mol. The van der Waals surface area contributed by atoms with Crippen molar-refractivity contribution in [3.8, 4) is 0 Å². The molecule has 1 heterocycles. The SMILES string of the molecule is CCCNc1nc(C)cc(Nc2cc(Br)ccc2C)n1. The number of rotatable bonds is 5. The van der Waals surface area contributed by atoms with Gasteiger partial charge in [-0.05, 0) is 38.0 Å². The second-order valence-corrected chi connectivity index (χ2v) is 5.64. The molecule has 4 nitrogen and oxygen atoms in total. The van der Waals surface area contributed by atoms with Crippen LogP contribution in [0, 0.1) is 13.8 Å². The van der Waals surface area contributed by atoms with Crippen molar-refractivity contribution in [2.75, 3.05) is 17.2 Å². The average molecular weight is 335 g/mol. The zero-order valence-electron chi connectivity index (χ0n) is 12.0. The number of hydrogen-bond donors (Lipinski definition) is 2. The van der Waals surface area contributed by atoms with Crippen LogP contribution in [0.1, 0.15) is 24.6 Å². The van der Waals surface area contributed by atoms with E-state index in [1.807, 2.05) is 25.1 Å². The molecule has 0 aliphatic carbocycles. The molecular weight excluding hydrogens is 316 g/mol. The van der Waals surface area contributed by atoms with Crippen LogP contribution in [-0.4, -0.2) is 16.5 Å². The topological polar surface area (TPSA) is 49.8 Å². The second-order valence-electron chi connectivity index (χ2n) is 4.73. The first-order valence-corrected chi connectivity index (χ1v) is 7.50. The lowest BCUT2D eigenvalue weighted by molar-refractivity contribution is 0.947. The molecule has 0 aliphatic heterocycles. The standard InChI is InChI=1S/C15H19BrN4/c1-4-7-17-15-18-11(3)8-14(20-15)19-13-9-12(16)6-5-10(13)2/h5-6,8-9H,4,7H2,1-3H3,(H2,17,18,19,20). The number of hydrogen-bond acceptors (Lipinski definition) is 4. The third-order valence-corrected chi connectivity index (χ3v) is 3.34. The van der Waals surface area contributed by atoms with Gasteiger partial charge < -0.3 is 10.6 Å². The van der Waals surface area contributed by atoms with Gasteiger partial charge in [0.05, 0.1) is 0 Å². The van der Waals surface area contributed by atoms with Crippen molar-refractivity contribution in [2.24, 2.45) is 0 Å². The van der Waals surface area contributed by atoms with E-state index in [1.54, 1.807) is 0 Å². The van der Waals surface area contributed by atoms with Crippen LogP contribution in [0.4, 0.5) is 17.5 Å². The number of nitrogens with one attached hydrogen (secondary N) is 2. The molecular formula is C15H19BrN4. The number of halogens is 1. The van der Waals surface area contributed by atoms with Gasteiger partial charge in [0.15, 0.2) is 0 Å². The lowest BCUT2D eigenvalue weighted by atomic mass is 10.2. The normalized spacial score (nSPS) is 10.4. The molecule has 0 bridgehead atoms. The van der Waals surface area contributed by atoms with Gasteiger partial charge in [0, 0.05) is 28.5 Å². The number of benzene rings is 1. The maximum absolute atomic E-state index is 4.49. The molecule has 0 atom stereocenters. The Morgan fingerprint density at radius 2 is 1.95 bits per heavy atom. The fourth-order valence-electron chi connectivity index (χ4n) is 1.82. The molecule has 0 spiro atoms. The molecule has 0 fully saturated rings. The number of anilines is 3. The first-order valence-electron chi connectivity index (χ1n) is 6.71. The fraction of sp³-hybridized carbons (Fsp3) is 0.333. The Morgan fingerprint density at radius 1 is 1.15 bits per heavy atom. The molecule has 0 radical (unpaired) electrons. The van der Waals surface area contributed by atoms with Gasteiger partial charge in [-0.1, -0.05) is 28.9 Å². The average Bonchev–Trinajstić information content (AvgIpc) is 2.40. The van der Waals surface area contributed by atoms with E-state index in [0.717, 1.165) is 34.6 Å². The van der Waals surface area contributed by atoms with Gasteiger partial charge in [0.1, 0.15) is 5.82 Å². The summed E-state index contributed by atoms with van der Waals surface area (Å²) in [5.74, 6) is 1.47. The third-order valence-electron chi connectivity index (χ3n) is 2.85. The highest BCUT2D eigenvalue weighted by molar-refractivity contribution is 9.10. The summed E-state index contributed by atoms with van der Waals surface area (Å²) in [5.41, 5.74) is 3.15. The quantitative estimate of drug-likeness (QED) is 0.849. The summed E-state index contributed by atoms with van der Waals surface area (Å²) in [5, 5.41) is 6.57. The third kappa shape index (κ3) is 3.93. The van der Waals surface area contributed by atoms with Crippen molar-refractivity contribution in [1.82, 2.24) is 9.97 Å². The van der Waals surface area contributed by atoms with Crippen LogP contribution in [0.5, 0.6) is 0 Å². The Hall–Kier alpha value is -1.62. The Bertz CT molecular complexity index is 598. The largest absolute Gasteiger partial charge is 0.354 e. The smallest absolute Gasteiger partial charge is 0.224 e. The van der Waals surface area contributed by atoms with Gasteiger partial charge in [-0.2, -0.15) is 4.98 Å². The Labute approximate surface area is 128 Å². The summed E-state index contributed by atoms with van der Waals surface area (Å²) in [6.07, 6.45) is 1.05. The second kappa shape index (κ2) is 6.70. The van der Waals surface area contributed by atoms with Crippen LogP contribution in [0.3, 0.4) is 0 Å². The maximum Gasteiger partial charge on any atom is 0.224 e. The summed E-state index contributed by atoms with van der Waals surface area (Å²) in [7, 11) is 0. The van der Waals surface area contributed by atoms with E-state index in [4.69, 9.17) is 0 Å². The van der Waals surface area contributed by atoms with Crippen LogP contribution < -0.4 is 10.6 Å². The molecule has 0 saturated heterocycles. The Morgan fingerprint density at radius 3 is 2.70 bits per heavy atom. The molecule has 1 aromatic heterocycles. The van der Waals surface area contributed by atoms with Gasteiger partial charge in [0.25, 0.3) is 0 Å². The molecule has 0 aliphatic rings. The molecule has 2 aromatic rings. The zero-order valence-corrected chi connectivity index (χ0v) is 13.6. The maximum atomic E-state index is 4.49. The van der Waals surface area contributed by atoms with E-state index >= 15 is 0 Å². The highest BCUT2D eigenvalue weighted by atomic mass is 79.9. The molecule has 0 unspecified atom stereocenters. The van der Waals surface area contributed by atoms with Crippen molar-refractivity contribution < 1.29 is 0 Å². The first kappa shape index (κ1) is 14.8. The lowest BCUT2D eigenvalue weighted by Gasteiger charge is -2.11. The number of aryl methyl sites for hydroxylation is 2. The van der Waals surface area contributed by atoms with Crippen molar-refractivity contribution in [1.29, 1.82) is 0 Å². The minimum Gasteiger partial charge on any atom is -0.354 e. The molecule has 2 N–H and O–H groups in total. The van der Waals surface area contributed by atoms with Crippen molar-refractivity contribution in [2.45, 2.75) is 27.2 Å². The lowest BCUT2D eigenvalue weighted by Crippen LogP contribution is -2.07. The molecule has 20 heavy (non-hydrogen) atoms. The summed E-state index contributed by atoms with van der Waals surface area (Å²) in [6, 6.07) is 8.08. The first-order chi connectivity index (χ1) is 9.58. The van der Waals surface area contributed by atoms with E-state index in [-0.39, 0.29) is 0 Å². The van der Waals surface area contributed by atoms with Crippen molar-refractivity contribution >= 4 is 33.4 Å². The molecule has 106 valence electrons. The number of aromatic nitrogens is 2. The molecule has 0 saturated carbocycles. The number of nitrogens with zero attached hydrogens (tertiary/aromatic N) is 2. The highest BCUT2D eigenvalue weighted by Gasteiger charge is 2.04. The van der Waals surface area contributed by atoms with E-state index in [9.17, 15) is 0 Å². The molecule has 1 aromatic carbocycles. The summed E-state index contributed by atoms with van der Waals surface area (Å²) in [6.45, 7) is 7.03. The van der Waals surface area contributed by atoms with Gasteiger partial charge >= 0.3 is 0 Å². The fourth-order valence-corrected chi connectivity index (χ4v) is 2.18. The van der Waals surface area contributed by atoms with Gasteiger partial charge in [-0.3, -0.25) is 0 Å². The van der Waals surface area contributed by atoms with Crippen LogP contribution in [-0.2, 0) is 0 Å². The summed E-state index contributed by atoms with van der Waals surface area (Å²) < 4.78 is 1.04. The van der Waals surface area contributed by atoms with E-state index < -0.39 is 0 Å². The van der Waals surface area contributed by atoms with Gasteiger partial charge in [0.2, 0.25) is 5.95 Å². The summed E-state index contributed by atoms with van der Waals surface area (Å²) >= 11 is 3.49. The highest BCUT2D eigenvalue weighted by Crippen LogP contribution is 2.24. The Kier molecular flexibility index (Phi) is 4.95. The predicted octanol–water partition coefficient (Wildman–Crippen LogP) is 4.42. The predicted molar refractivity (Wildman–Crippen MR) is 87.7 cm³/mol. The van der Waals surface area contributed by atoms with E-state index in [1.165, 1.54) is 5.56 Å². The van der Waals surface area contributed by atoms with Crippen molar-refractivity contribution in [3.63, 3.8) is 0 Å². The van der Waals surface area contributed by atoms with Crippen LogP contribution in [0.15, 0.2) is 28.7 Å². The van der Waals surface area contributed by atoms with Crippen LogP contribution in [0.25, 0.3) is 0 Å². The molecule has 0 amide bonds. The zero-order chi connectivity index (χ0) is 14.5. The minimum absolute atomic E-state index is 0.669. The van der Waals surface area contributed by atoms with E-state index in [2.05, 4.69) is 56.4 Å². The van der Waals surface area contributed by atoms with Gasteiger partial charge in [-0.25, -0.2) is 4.98 Å². The van der Waals surface area contributed by atoms with E-state index in [0.29, 0.717) is 5.95 Å².